The zero-order valence-electron chi connectivity index (χ0n) is 16.7. The maximum Gasteiger partial charge on any atom is 0.415 e. The van der Waals surface area contributed by atoms with E-state index in [-0.39, 0.29) is 11.4 Å². The number of carbonyl (C=O) groups is 2. The third-order valence-electron chi connectivity index (χ3n) is 6.14. The zero-order chi connectivity index (χ0) is 21.6. The van der Waals surface area contributed by atoms with Crippen LogP contribution in [-0.4, -0.2) is 57.5 Å². The van der Waals surface area contributed by atoms with Gasteiger partial charge in [0.1, 0.15) is 11.4 Å². The number of H-pyrrole nitrogens is 1. The molecule has 1 spiro atoms. The standard InChI is InChI=1S/C22H21FN4O4/c23-15-3-6-18-17(11-15)19(25-24-18)12-26-9-7-22(8-10-26)13-27(21(30)31-22)16-4-1-14(2-5-16)20(28)29/h1-6,11H,7-10,12-13H2,(H,24,25)(H,28,29). The topological polar surface area (TPSA) is 98.8 Å². The maximum absolute atomic E-state index is 13.6. The van der Waals surface area contributed by atoms with E-state index in [1.807, 2.05) is 0 Å². The summed E-state index contributed by atoms with van der Waals surface area (Å²) >= 11 is 0. The Morgan fingerprint density at radius 3 is 2.65 bits per heavy atom. The summed E-state index contributed by atoms with van der Waals surface area (Å²) in [6, 6.07) is 10.8. The van der Waals surface area contributed by atoms with E-state index < -0.39 is 17.7 Å². The first-order valence-corrected chi connectivity index (χ1v) is 10.1. The number of amides is 1. The van der Waals surface area contributed by atoms with Crippen LogP contribution in [0.2, 0.25) is 0 Å². The molecule has 0 unspecified atom stereocenters. The highest BCUT2D eigenvalue weighted by molar-refractivity contribution is 5.92. The Labute approximate surface area is 177 Å². The molecule has 9 heteroatoms. The van der Waals surface area contributed by atoms with Crippen LogP contribution in [0.1, 0.15) is 28.9 Å². The zero-order valence-corrected chi connectivity index (χ0v) is 16.7. The molecule has 31 heavy (non-hydrogen) atoms. The average molecular weight is 424 g/mol. The Balaban J connectivity index is 1.25. The minimum absolute atomic E-state index is 0.171. The smallest absolute Gasteiger partial charge is 0.415 e. The van der Waals surface area contributed by atoms with Gasteiger partial charge in [-0.05, 0) is 42.5 Å². The van der Waals surface area contributed by atoms with E-state index >= 15 is 0 Å². The second-order valence-corrected chi connectivity index (χ2v) is 8.13. The summed E-state index contributed by atoms with van der Waals surface area (Å²) in [6.45, 7) is 2.47. The number of halogens is 1. The Hall–Kier alpha value is -3.46. The van der Waals surface area contributed by atoms with E-state index in [0.717, 1.165) is 29.7 Å². The maximum atomic E-state index is 13.6. The molecule has 8 nitrogen and oxygen atoms in total. The van der Waals surface area contributed by atoms with Gasteiger partial charge in [-0.1, -0.05) is 0 Å². The highest BCUT2D eigenvalue weighted by Crippen LogP contribution is 2.36. The summed E-state index contributed by atoms with van der Waals surface area (Å²) in [5.41, 5.74) is 1.84. The number of hydrogen-bond donors (Lipinski definition) is 2. The van der Waals surface area contributed by atoms with Gasteiger partial charge in [0, 0.05) is 43.5 Å². The number of carboxylic acids is 1. The van der Waals surface area contributed by atoms with Crippen molar-refractivity contribution in [3.63, 3.8) is 0 Å². The number of aromatic carboxylic acids is 1. The number of nitrogens with one attached hydrogen (secondary N) is 1. The van der Waals surface area contributed by atoms with E-state index in [4.69, 9.17) is 9.84 Å². The Morgan fingerprint density at radius 2 is 1.94 bits per heavy atom. The number of anilines is 1. The number of piperidine rings is 1. The number of aromatic nitrogens is 2. The van der Waals surface area contributed by atoms with Crippen LogP contribution >= 0.6 is 0 Å². The normalized spacial score (nSPS) is 18.6. The third-order valence-corrected chi connectivity index (χ3v) is 6.14. The van der Waals surface area contributed by atoms with Crippen molar-refractivity contribution in [2.45, 2.75) is 25.0 Å². The molecule has 3 aromatic rings. The number of benzene rings is 2. The molecular weight excluding hydrogens is 403 g/mol. The van der Waals surface area contributed by atoms with E-state index in [1.165, 1.54) is 24.3 Å². The van der Waals surface area contributed by atoms with E-state index in [0.29, 0.717) is 31.6 Å². The molecule has 2 N–H and O–H groups in total. The van der Waals surface area contributed by atoms with Crippen LogP contribution in [0.4, 0.5) is 14.9 Å². The fourth-order valence-electron chi connectivity index (χ4n) is 4.36. The first-order valence-electron chi connectivity index (χ1n) is 10.1. The summed E-state index contributed by atoms with van der Waals surface area (Å²) in [4.78, 5) is 27.3. The van der Waals surface area contributed by atoms with Crippen molar-refractivity contribution in [2.75, 3.05) is 24.5 Å². The molecule has 0 saturated carbocycles. The van der Waals surface area contributed by atoms with Crippen molar-refractivity contribution in [2.24, 2.45) is 0 Å². The van der Waals surface area contributed by atoms with Gasteiger partial charge in [-0.3, -0.25) is 14.9 Å². The molecule has 3 heterocycles. The second-order valence-electron chi connectivity index (χ2n) is 8.13. The van der Waals surface area contributed by atoms with Gasteiger partial charge in [-0.25, -0.2) is 14.0 Å². The SMILES string of the molecule is O=C(O)c1ccc(N2CC3(CCN(Cc4n[nH]c5ccc(F)cc45)CC3)OC2=O)cc1. The fourth-order valence-corrected chi connectivity index (χ4v) is 4.36. The van der Waals surface area contributed by atoms with Gasteiger partial charge in [0.2, 0.25) is 0 Å². The number of ether oxygens (including phenoxy) is 1. The minimum Gasteiger partial charge on any atom is -0.478 e. The molecule has 2 saturated heterocycles. The lowest BCUT2D eigenvalue weighted by Gasteiger charge is -2.37. The van der Waals surface area contributed by atoms with Crippen LogP contribution in [0, 0.1) is 5.82 Å². The summed E-state index contributed by atoms with van der Waals surface area (Å²) in [6.07, 6.45) is 0.948. The highest BCUT2D eigenvalue weighted by Gasteiger charge is 2.47. The molecule has 0 radical (unpaired) electrons. The number of fused-ring (bicyclic) bond motifs is 1. The molecule has 0 aliphatic carbocycles. The number of nitrogens with zero attached hydrogens (tertiary/aromatic N) is 3. The minimum atomic E-state index is -1.01. The molecule has 160 valence electrons. The molecule has 1 aromatic heterocycles. The van der Waals surface area contributed by atoms with Crippen molar-refractivity contribution in [1.29, 1.82) is 0 Å². The fraction of sp³-hybridized carbons (Fsp3) is 0.318. The second kappa shape index (κ2) is 7.35. The van der Waals surface area contributed by atoms with Crippen LogP contribution in [0.5, 0.6) is 0 Å². The largest absolute Gasteiger partial charge is 0.478 e. The molecule has 5 rings (SSSR count). The first kappa shape index (κ1) is 19.5. The van der Waals surface area contributed by atoms with E-state index in [1.54, 1.807) is 23.1 Å². The summed E-state index contributed by atoms with van der Waals surface area (Å²) in [5.74, 6) is -1.30. The number of hydrogen-bond acceptors (Lipinski definition) is 5. The van der Waals surface area contributed by atoms with Crippen LogP contribution in [0.15, 0.2) is 42.5 Å². The van der Waals surface area contributed by atoms with Gasteiger partial charge in [-0.2, -0.15) is 5.10 Å². The quantitative estimate of drug-likeness (QED) is 0.666. The van der Waals surface area contributed by atoms with Gasteiger partial charge in [0.25, 0.3) is 0 Å². The molecule has 2 aliphatic heterocycles. The Kier molecular flexibility index (Phi) is 4.62. The lowest BCUT2D eigenvalue weighted by molar-refractivity contribution is -0.00115. The van der Waals surface area contributed by atoms with Crippen molar-refractivity contribution in [3.8, 4) is 0 Å². The number of carbonyl (C=O) groups excluding carboxylic acids is 1. The monoisotopic (exact) mass is 424 g/mol. The van der Waals surface area contributed by atoms with Gasteiger partial charge in [-0.15, -0.1) is 0 Å². The van der Waals surface area contributed by atoms with Gasteiger partial charge >= 0.3 is 12.1 Å². The van der Waals surface area contributed by atoms with Crippen LogP contribution < -0.4 is 4.90 Å². The van der Waals surface area contributed by atoms with E-state index in [9.17, 15) is 14.0 Å². The Morgan fingerprint density at radius 1 is 1.19 bits per heavy atom. The third kappa shape index (κ3) is 3.61. The molecule has 1 amide bonds. The number of carboxylic acid groups (broad SMARTS) is 1. The summed E-state index contributed by atoms with van der Waals surface area (Å²) < 4.78 is 19.4. The Bertz CT molecular complexity index is 1150. The molecule has 2 fully saturated rings. The van der Waals surface area contributed by atoms with Gasteiger partial charge in [0.05, 0.1) is 23.3 Å². The highest BCUT2D eigenvalue weighted by atomic mass is 19.1. The van der Waals surface area contributed by atoms with Crippen LogP contribution in [-0.2, 0) is 11.3 Å². The van der Waals surface area contributed by atoms with Crippen LogP contribution in [0.3, 0.4) is 0 Å². The van der Waals surface area contributed by atoms with Crippen molar-refractivity contribution < 1.29 is 23.8 Å². The molecule has 2 aliphatic rings. The molecule has 0 bridgehead atoms. The molecule has 0 atom stereocenters. The predicted octanol–water partition coefficient (Wildman–Crippen LogP) is 3.39. The van der Waals surface area contributed by atoms with Gasteiger partial charge < -0.3 is 9.84 Å². The molecule has 2 aromatic carbocycles. The number of rotatable bonds is 4. The van der Waals surface area contributed by atoms with Crippen molar-refractivity contribution >= 4 is 28.7 Å². The van der Waals surface area contributed by atoms with Gasteiger partial charge in [0.15, 0.2) is 0 Å². The van der Waals surface area contributed by atoms with Crippen LogP contribution in [0.25, 0.3) is 10.9 Å². The van der Waals surface area contributed by atoms with Crippen molar-refractivity contribution in [3.05, 3.63) is 59.5 Å². The number of aromatic amines is 1. The molecular formula is C22H21FN4O4. The summed E-state index contributed by atoms with van der Waals surface area (Å²) in [5, 5.41) is 17.1. The first-order chi connectivity index (χ1) is 14.9. The predicted molar refractivity (Wildman–Crippen MR) is 111 cm³/mol. The summed E-state index contributed by atoms with van der Waals surface area (Å²) in [7, 11) is 0. The lowest BCUT2D eigenvalue weighted by atomic mass is 9.91. The average Bonchev–Trinajstić information content (AvgIpc) is 3.30. The van der Waals surface area contributed by atoms with Crippen molar-refractivity contribution in [1.82, 2.24) is 15.1 Å². The lowest BCUT2D eigenvalue weighted by Crippen LogP contribution is -2.46. The van der Waals surface area contributed by atoms with E-state index in [2.05, 4.69) is 15.1 Å². The number of likely N-dealkylation sites (tertiary alicyclic amines) is 1.